The van der Waals surface area contributed by atoms with E-state index in [-0.39, 0.29) is 17.7 Å². The molecule has 1 aliphatic carbocycles. The van der Waals surface area contributed by atoms with Crippen molar-refractivity contribution in [2.24, 2.45) is 5.92 Å². The first-order valence-corrected chi connectivity index (χ1v) is 8.18. The Bertz CT molecular complexity index is 350. The number of piperazine rings is 1. The van der Waals surface area contributed by atoms with E-state index in [9.17, 15) is 9.59 Å². The second-order valence-corrected chi connectivity index (χ2v) is 5.99. The smallest absolute Gasteiger partial charge is 0.234 e. The number of amides is 2. The molecule has 2 N–H and O–H groups in total. The molecule has 2 amide bonds. The number of nitrogens with zero attached hydrogens (tertiary/aromatic N) is 2. The van der Waals surface area contributed by atoms with Gasteiger partial charge in [-0.25, -0.2) is 0 Å². The lowest BCUT2D eigenvalue weighted by Gasteiger charge is -2.34. The lowest BCUT2D eigenvalue weighted by molar-refractivity contribution is -0.127. The van der Waals surface area contributed by atoms with Crippen LogP contribution in [0.15, 0.2) is 0 Å². The van der Waals surface area contributed by atoms with Gasteiger partial charge in [-0.05, 0) is 19.8 Å². The maximum absolute atomic E-state index is 11.7. The van der Waals surface area contributed by atoms with Gasteiger partial charge in [0, 0.05) is 51.7 Å². The summed E-state index contributed by atoms with van der Waals surface area (Å²) in [6.45, 7) is 8.57. The van der Waals surface area contributed by atoms with Crippen molar-refractivity contribution in [1.82, 2.24) is 20.4 Å². The van der Waals surface area contributed by atoms with Gasteiger partial charge in [-0.15, -0.1) is 0 Å². The number of hydrogen-bond acceptors (Lipinski definition) is 4. The molecule has 0 spiro atoms. The minimum absolute atomic E-state index is 0.110. The van der Waals surface area contributed by atoms with Crippen molar-refractivity contribution >= 4 is 11.8 Å². The molecule has 1 aliphatic heterocycles. The molecule has 120 valence electrons. The Balaban J connectivity index is 1.54. The number of likely N-dealkylation sites (N-methyl/N-ethyl adjacent to an activating group) is 1. The van der Waals surface area contributed by atoms with Crippen LogP contribution in [-0.2, 0) is 9.59 Å². The predicted molar refractivity (Wildman–Crippen MR) is 81.9 cm³/mol. The summed E-state index contributed by atoms with van der Waals surface area (Å²) in [5, 5.41) is 5.86. The summed E-state index contributed by atoms with van der Waals surface area (Å²) >= 11 is 0. The highest BCUT2D eigenvalue weighted by Gasteiger charge is 2.25. The number of rotatable bonds is 7. The molecule has 2 fully saturated rings. The van der Waals surface area contributed by atoms with Crippen molar-refractivity contribution in [2.75, 3.05) is 52.4 Å². The third kappa shape index (κ3) is 5.28. The van der Waals surface area contributed by atoms with E-state index in [1.165, 1.54) is 6.42 Å². The summed E-state index contributed by atoms with van der Waals surface area (Å²) in [6, 6.07) is 0. The molecule has 6 heteroatoms. The van der Waals surface area contributed by atoms with Gasteiger partial charge >= 0.3 is 0 Å². The number of hydrogen-bond donors (Lipinski definition) is 2. The fraction of sp³-hybridized carbons (Fsp3) is 0.867. The highest BCUT2D eigenvalue weighted by atomic mass is 16.2. The first kappa shape index (κ1) is 16.2. The van der Waals surface area contributed by atoms with Crippen LogP contribution in [0.5, 0.6) is 0 Å². The Kier molecular flexibility index (Phi) is 6.45. The van der Waals surface area contributed by atoms with E-state index in [0.717, 1.165) is 52.1 Å². The summed E-state index contributed by atoms with van der Waals surface area (Å²) in [5.41, 5.74) is 0. The van der Waals surface area contributed by atoms with E-state index < -0.39 is 0 Å². The van der Waals surface area contributed by atoms with Crippen LogP contribution < -0.4 is 10.6 Å². The van der Waals surface area contributed by atoms with Gasteiger partial charge in [-0.2, -0.15) is 0 Å². The molecule has 0 aromatic heterocycles. The Morgan fingerprint density at radius 3 is 2.29 bits per heavy atom. The Hall–Kier alpha value is -1.14. The Morgan fingerprint density at radius 2 is 1.71 bits per heavy atom. The largest absolute Gasteiger partial charge is 0.355 e. The van der Waals surface area contributed by atoms with Crippen molar-refractivity contribution in [1.29, 1.82) is 0 Å². The van der Waals surface area contributed by atoms with Gasteiger partial charge < -0.3 is 10.6 Å². The van der Waals surface area contributed by atoms with Crippen molar-refractivity contribution in [2.45, 2.75) is 26.2 Å². The van der Waals surface area contributed by atoms with Crippen LogP contribution in [-0.4, -0.2) is 74.0 Å². The second kappa shape index (κ2) is 8.34. The van der Waals surface area contributed by atoms with Gasteiger partial charge in [-0.3, -0.25) is 19.4 Å². The van der Waals surface area contributed by atoms with Crippen LogP contribution in [0.2, 0.25) is 0 Å². The van der Waals surface area contributed by atoms with Gasteiger partial charge in [0.05, 0.1) is 6.54 Å². The van der Waals surface area contributed by atoms with E-state index in [1.807, 2.05) is 6.92 Å². The molecule has 21 heavy (non-hydrogen) atoms. The van der Waals surface area contributed by atoms with Gasteiger partial charge in [0.1, 0.15) is 0 Å². The van der Waals surface area contributed by atoms with E-state index in [4.69, 9.17) is 0 Å². The molecule has 1 saturated carbocycles. The maximum atomic E-state index is 11.7. The maximum Gasteiger partial charge on any atom is 0.234 e. The fourth-order valence-corrected chi connectivity index (χ4v) is 2.78. The van der Waals surface area contributed by atoms with E-state index in [1.54, 1.807) is 0 Å². The summed E-state index contributed by atoms with van der Waals surface area (Å²) in [7, 11) is 0. The topological polar surface area (TPSA) is 64.7 Å². The van der Waals surface area contributed by atoms with Crippen LogP contribution in [0.25, 0.3) is 0 Å². The Labute approximate surface area is 127 Å². The SMILES string of the molecule is CCNC(=O)CN1CCN(CCNC(=O)C2CCC2)CC1. The van der Waals surface area contributed by atoms with Crippen LogP contribution in [0.3, 0.4) is 0 Å². The molecule has 0 bridgehead atoms. The number of carbonyl (C=O) groups is 2. The zero-order valence-electron chi connectivity index (χ0n) is 13.1. The number of nitrogens with one attached hydrogen (secondary N) is 2. The van der Waals surface area contributed by atoms with E-state index in [2.05, 4.69) is 20.4 Å². The third-order valence-corrected chi connectivity index (χ3v) is 4.41. The summed E-state index contributed by atoms with van der Waals surface area (Å²) in [5.74, 6) is 0.619. The predicted octanol–water partition coefficient (Wildman–Crippen LogP) is -0.344. The molecule has 0 atom stereocenters. The monoisotopic (exact) mass is 296 g/mol. The lowest BCUT2D eigenvalue weighted by atomic mass is 9.85. The molecule has 0 radical (unpaired) electrons. The standard InChI is InChI=1S/C15H28N4O2/c1-2-16-14(20)12-19-10-8-18(9-11-19)7-6-17-15(21)13-4-3-5-13/h13H,2-12H2,1H3,(H,16,20)(H,17,21). The average molecular weight is 296 g/mol. The first-order chi connectivity index (χ1) is 10.2. The quantitative estimate of drug-likeness (QED) is 0.674. The van der Waals surface area contributed by atoms with Crippen LogP contribution in [0, 0.1) is 5.92 Å². The van der Waals surface area contributed by atoms with Crippen LogP contribution in [0.4, 0.5) is 0 Å². The third-order valence-electron chi connectivity index (χ3n) is 4.41. The van der Waals surface area contributed by atoms with Crippen LogP contribution >= 0.6 is 0 Å². The average Bonchev–Trinajstić information content (AvgIpc) is 2.39. The molecule has 1 saturated heterocycles. The first-order valence-electron chi connectivity index (χ1n) is 8.18. The minimum atomic E-state index is 0.110. The molecule has 2 aliphatic rings. The van der Waals surface area contributed by atoms with E-state index >= 15 is 0 Å². The summed E-state index contributed by atoms with van der Waals surface area (Å²) in [4.78, 5) is 27.8. The van der Waals surface area contributed by atoms with Crippen molar-refractivity contribution < 1.29 is 9.59 Å². The van der Waals surface area contributed by atoms with Gasteiger partial charge in [-0.1, -0.05) is 6.42 Å². The van der Waals surface area contributed by atoms with Crippen molar-refractivity contribution in [3.8, 4) is 0 Å². The zero-order valence-corrected chi connectivity index (χ0v) is 13.1. The molecular formula is C15H28N4O2. The molecule has 1 heterocycles. The second-order valence-electron chi connectivity index (χ2n) is 5.99. The van der Waals surface area contributed by atoms with Crippen molar-refractivity contribution in [3.63, 3.8) is 0 Å². The van der Waals surface area contributed by atoms with Gasteiger partial charge in [0.25, 0.3) is 0 Å². The number of carbonyl (C=O) groups excluding carboxylic acids is 2. The highest BCUT2D eigenvalue weighted by molar-refractivity contribution is 5.79. The molecule has 2 rings (SSSR count). The minimum Gasteiger partial charge on any atom is -0.355 e. The molecular weight excluding hydrogens is 268 g/mol. The summed E-state index contributed by atoms with van der Waals surface area (Å²) < 4.78 is 0. The van der Waals surface area contributed by atoms with Crippen LogP contribution in [0.1, 0.15) is 26.2 Å². The van der Waals surface area contributed by atoms with Crippen molar-refractivity contribution in [3.05, 3.63) is 0 Å². The molecule has 0 aromatic rings. The molecule has 0 aromatic carbocycles. The lowest BCUT2D eigenvalue weighted by Crippen LogP contribution is -2.51. The normalized spacial score (nSPS) is 20.8. The zero-order chi connectivity index (χ0) is 15.1. The summed E-state index contributed by atoms with van der Waals surface area (Å²) in [6.07, 6.45) is 3.32. The molecule has 6 nitrogen and oxygen atoms in total. The highest BCUT2D eigenvalue weighted by Crippen LogP contribution is 2.25. The Morgan fingerprint density at radius 1 is 1.05 bits per heavy atom. The van der Waals surface area contributed by atoms with Gasteiger partial charge in [0.15, 0.2) is 0 Å². The van der Waals surface area contributed by atoms with E-state index in [0.29, 0.717) is 13.1 Å². The van der Waals surface area contributed by atoms with Gasteiger partial charge in [0.2, 0.25) is 11.8 Å². The molecule has 0 unspecified atom stereocenters. The fourth-order valence-electron chi connectivity index (χ4n) is 2.78.